The van der Waals surface area contributed by atoms with Crippen LogP contribution in [0, 0.1) is 0 Å². The summed E-state index contributed by atoms with van der Waals surface area (Å²) < 4.78 is 29.1. The van der Waals surface area contributed by atoms with Gasteiger partial charge in [-0.25, -0.2) is 13.2 Å². The minimum Gasteiger partial charge on any atom is -0.497 e. The van der Waals surface area contributed by atoms with Crippen LogP contribution in [0.25, 0.3) is 0 Å². The number of aliphatic carboxylic acids is 1. The molecule has 0 aliphatic carbocycles. The molecule has 0 aliphatic heterocycles. The molecule has 1 N–H and O–H groups in total. The lowest BCUT2D eigenvalue weighted by molar-refractivity contribution is -0.137. The summed E-state index contributed by atoms with van der Waals surface area (Å²) in [7, 11) is -2.18. The first-order valence-corrected chi connectivity index (χ1v) is 6.98. The van der Waals surface area contributed by atoms with Crippen molar-refractivity contribution in [2.24, 2.45) is 0 Å². The number of carboxylic acids is 1. The van der Waals surface area contributed by atoms with Crippen LogP contribution >= 0.6 is 0 Å². The highest BCUT2D eigenvalue weighted by Crippen LogP contribution is 2.23. The summed E-state index contributed by atoms with van der Waals surface area (Å²) in [5, 5.41) is 8.95. The first-order chi connectivity index (χ1) is 8.27. The van der Waals surface area contributed by atoms with E-state index in [-0.39, 0.29) is 5.69 Å². The molecule has 0 spiro atoms. The van der Waals surface area contributed by atoms with E-state index in [4.69, 9.17) is 9.84 Å². The topological polar surface area (TPSA) is 83.9 Å². The first-order valence-electron chi connectivity index (χ1n) is 5.13. The van der Waals surface area contributed by atoms with Crippen LogP contribution in [0.3, 0.4) is 0 Å². The van der Waals surface area contributed by atoms with Gasteiger partial charge in [0.25, 0.3) is 0 Å². The van der Waals surface area contributed by atoms with E-state index in [1.807, 2.05) is 0 Å². The van der Waals surface area contributed by atoms with Gasteiger partial charge in [0.1, 0.15) is 11.8 Å². The smallest absolute Gasteiger partial charge is 0.327 e. The van der Waals surface area contributed by atoms with Gasteiger partial charge in [-0.2, -0.15) is 0 Å². The van der Waals surface area contributed by atoms with Crippen molar-refractivity contribution in [3.8, 4) is 5.75 Å². The SMILES string of the molecule is COc1ccc(N(C(C)C(=O)O)S(C)(=O)=O)cc1. The molecule has 1 aromatic carbocycles. The maximum Gasteiger partial charge on any atom is 0.327 e. The Morgan fingerprint density at radius 3 is 2.17 bits per heavy atom. The highest BCUT2D eigenvalue weighted by Gasteiger charge is 2.28. The number of methoxy groups -OCH3 is 1. The molecule has 1 aromatic rings. The second-order valence-electron chi connectivity index (χ2n) is 3.77. The Morgan fingerprint density at radius 1 is 1.33 bits per heavy atom. The molecular formula is C11H15NO5S. The monoisotopic (exact) mass is 273 g/mol. The fourth-order valence-electron chi connectivity index (χ4n) is 1.53. The Morgan fingerprint density at radius 2 is 1.83 bits per heavy atom. The van der Waals surface area contributed by atoms with Crippen LogP contribution in [0.15, 0.2) is 24.3 Å². The Kier molecular flexibility index (Phi) is 4.18. The number of rotatable bonds is 5. The summed E-state index contributed by atoms with van der Waals surface area (Å²) in [6, 6.07) is 4.97. The van der Waals surface area contributed by atoms with E-state index in [2.05, 4.69) is 0 Å². The van der Waals surface area contributed by atoms with Crippen LogP contribution in [0.1, 0.15) is 6.92 Å². The van der Waals surface area contributed by atoms with Gasteiger partial charge in [-0.05, 0) is 31.2 Å². The zero-order valence-electron chi connectivity index (χ0n) is 10.3. The van der Waals surface area contributed by atoms with Gasteiger partial charge in [0.2, 0.25) is 10.0 Å². The van der Waals surface area contributed by atoms with Crippen molar-refractivity contribution in [3.63, 3.8) is 0 Å². The average Bonchev–Trinajstić information content (AvgIpc) is 2.28. The van der Waals surface area contributed by atoms with E-state index in [0.717, 1.165) is 10.6 Å². The normalized spacial score (nSPS) is 12.8. The molecule has 0 radical (unpaired) electrons. The van der Waals surface area contributed by atoms with Gasteiger partial charge in [-0.15, -0.1) is 0 Å². The molecule has 1 rings (SSSR count). The van der Waals surface area contributed by atoms with Crippen molar-refractivity contribution in [2.45, 2.75) is 13.0 Å². The number of hydrogen-bond donors (Lipinski definition) is 1. The predicted molar refractivity (Wildman–Crippen MR) is 67.4 cm³/mol. The van der Waals surface area contributed by atoms with E-state index in [9.17, 15) is 13.2 Å². The van der Waals surface area contributed by atoms with Gasteiger partial charge in [-0.1, -0.05) is 0 Å². The van der Waals surface area contributed by atoms with Crippen molar-refractivity contribution in [1.82, 2.24) is 0 Å². The van der Waals surface area contributed by atoms with Gasteiger partial charge >= 0.3 is 5.97 Å². The Hall–Kier alpha value is -1.76. The summed E-state index contributed by atoms with van der Waals surface area (Å²) >= 11 is 0. The largest absolute Gasteiger partial charge is 0.497 e. The van der Waals surface area contributed by atoms with Crippen molar-refractivity contribution in [1.29, 1.82) is 0 Å². The highest BCUT2D eigenvalue weighted by atomic mass is 32.2. The summed E-state index contributed by atoms with van der Waals surface area (Å²) in [6.45, 7) is 1.31. The van der Waals surface area contributed by atoms with Gasteiger partial charge in [0.15, 0.2) is 0 Å². The van der Waals surface area contributed by atoms with Gasteiger partial charge in [0, 0.05) is 0 Å². The Balaban J connectivity index is 3.22. The third-order valence-corrected chi connectivity index (χ3v) is 3.63. The lowest BCUT2D eigenvalue weighted by atomic mass is 10.2. The summed E-state index contributed by atoms with van der Waals surface area (Å²) in [5.41, 5.74) is 0.285. The number of benzene rings is 1. The molecule has 1 atom stereocenters. The molecule has 0 saturated carbocycles. The number of sulfonamides is 1. The van der Waals surface area contributed by atoms with Crippen LogP contribution in [0.2, 0.25) is 0 Å². The van der Waals surface area contributed by atoms with Gasteiger partial charge in [-0.3, -0.25) is 4.31 Å². The minimum absolute atomic E-state index is 0.285. The number of carbonyl (C=O) groups is 1. The average molecular weight is 273 g/mol. The molecule has 0 aromatic heterocycles. The predicted octanol–water partition coefficient (Wildman–Crippen LogP) is 0.934. The summed E-state index contributed by atoms with van der Waals surface area (Å²) in [5.74, 6) is -0.647. The summed E-state index contributed by atoms with van der Waals surface area (Å²) in [6.07, 6.45) is 0.969. The Labute approximate surface area is 106 Å². The zero-order chi connectivity index (χ0) is 13.9. The van der Waals surface area contributed by atoms with Crippen molar-refractivity contribution in [3.05, 3.63) is 24.3 Å². The molecule has 7 heteroatoms. The molecule has 6 nitrogen and oxygen atoms in total. The van der Waals surface area contributed by atoms with Gasteiger partial charge < -0.3 is 9.84 Å². The van der Waals surface area contributed by atoms with Crippen LogP contribution in [-0.2, 0) is 14.8 Å². The van der Waals surface area contributed by atoms with Crippen molar-refractivity contribution in [2.75, 3.05) is 17.7 Å². The van der Waals surface area contributed by atoms with Crippen LogP contribution in [0.5, 0.6) is 5.75 Å². The molecular weight excluding hydrogens is 258 g/mol. The molecule has 0 fully saturated rings. The van der Waals surface area contributed by atoms with E-state index in [0.29, 0.717) is 5.75 Å². The number of hydrogen-bond acceptors (Lipinski definition) is 4. The van der Waals surface area contributed by atoms with Crippen molar-refractivity contribution < 1.29 is 23.1 Å². The van der Waals surface area contributed by atoms with Crippen molar-refractivity contribution >= 4 is 21.7 Å². The minimum atomic E-state index is -3.67. The number of ether oxygens (including phenoxy) is 1. The van der Waals surface area contributed by atoms with Gasteiger partial charge in [0.05, 0.1) is 19.1 Å². The molecule has 0 amide bonds. The van der Waals surface area contributed by atoms with Crippen LogP contribution < -0.4 is 9.04 Å². The van der Waals surface area contributed by atoms with E-state index in [1.54, 1.807) is 12.1 Å². The second kappa shape index (κ2) is 5.26. The van der Waals surface area contributed by atoms with Crippen LogP contribution in [-0.4, -0.2) is 38.9 Å². The zero-order valence-corrected chi connectivity index (χ0v) is 11.1. The fourth-order valence-corrected chi connectivity index (χ4v) is 2.70. The molecule has 0 saturated heterocycles. The molecule has 0 heterocycles. The van der Waals surface area contributed by atoms with E-state index in [1.165, 1.54) is 26.2 Å². The fraction of sp³-hybridized carbons (Fsp3) is 0.364. The number of anilines is 1. The van der Waals surface area contributed by atoms with Crippen LogP contribution in [0.4, 0.5) is 5.69 Å². The molecule has 18 heavy (non-hydrogen) atoms. The lowest BCUT2D eigenvalue weighted by Gasteiger charge is -2.26. The Bertz CT molecular complexity index is 523. The molecule has 100 valence electrons. The van der Waals surface area contributed by atoms with E-state index < -0.39 is 22.0 Å². The first kappa shape index (κ1) is 14.3. The highest BCUT2D eigenvalue weighted by molar-refractivity contribution is 7.92. The maximum atomic E-state index is 11.7. The third-order valence-electron chi connectivity index (χ3n) is 2.39. The van der Waals surface area contributed by atoms with E-state index >= 15 is 0 Å². The third kappa shape index (κ3) is 3.13. The summed E-state index contributed by atoms with van der Waals surface area (Å²) in [4.78, 5) is 11.0. The standard InChI is InChI=1S/C11H15NO5S/c1-8(11(13)14)12(18(3,15)16)9-4-6-10(17-2)7-5-9/h4-8H,1-3H3,(H,13,14). The molecule has 0 bridgehead atoms. The second-order valence-corrected chi connectivity index (χ2v) is 5.63. The number of carboxylic acid groups (broad SMARTS) is 1. The number of nitrogens with zero attached hydrogens (tertiary/aromatic N) is 1. The maximum absolute atomic E-state index is 11.7. The lowest BCUT2D eigenvalue weighted by Crippen LogP contribution is -2.42. The quantitative estimate of drug-likeness (QED) is 0.863. The molecule has 1 unspecified atom stereocenters. The molecule has 0 aliphatic rings.